The molecular weight excluding hydrogens is 445 g/mol. The molecule has 3 rings (SSSR count). The summed E-state index contributed by atoms with van der Waals surface area (Å²) in [5.74, 6) is -1.29. The molecule has 0 saturated heterocycles. The van der Waals surface area contributed by atoms with E-state index in [1.165, 1.54) is 6.20 Å². The minimum atomic E-state index is -1.11. The molecule has 1 aromatic heterocycles. The Morgan fingerprint density at radius 1 is 1.32 bits per heavy atom. The molecule has 9 nitrogen and oxygen atoms in total. The van der Waals surface area contributed by atoms with E-state index < -0.39 is 42.8 Å². The van der Waals surface area contributed by atoms with Gasteiger partial charge >= 0.3 is 5.97 Å². The van der Waals surface area contributed by atoms with Crippen molar-refractivity contribution in [2.75, 3.05) is 18.5 Å². The second-order valence-electron chi connectivity index (χ2n) is 7.90. The molecule has 34 heavy (non-hydrogen) atoms. The number of aromatic nitrogens is 1. The van der Waals surface area contributed by atoms with Gasteiger partial charge in [-0.3, -0.25) is 4.79 Å². The first kappa shape index (κ1) is 25.1. The van der Waals surface area contributed by atoms with Crippen LogP contribution in [0.2, 0.25) is 0 Å². The number of ether oxygens (including phenoxy) is 2. The lowest BCUT2D eigenvalue weighted by Gasteiger charge is -2.24. The van der Waals surface area contributed by atoms with Crippen molar-refractivity contribution < 1.29 is 33.7 Å². The van der Waals surface area contributed by atoms with Crippen LogP contribution in [0.5, 0.6) is 5.75 Å². The van der Waals surface area contributed by atoms with E-state index in [9.17, 15) is 24.3 Å². The second kappa shape index (κ2) is 11.5. The van der Waals surface area contributed by atoms with Crippen molar-refractivity contribution >= 4 is 17.7 Å². The number of nitriles is 1. The van der Waals surface area contributed by atoms with E-state index in [2.05, 4.69) is 16.4 Å². The molecule has 1 aliphatic carbocycles. The van der Waals surface area contributed by atoms with Gasteiger partial charge in [0.15, 0.2) is 0 Å². The summed E-state index contributed by atoms with van der Waals surface area (Å²) in [7, 11) is 0. The van der Waals surface area contributed by atoms with Gasteiger partial charge in [-0.1, -0.05) is 13.0 Å². The first-order valence-electron chi connectivity index (χ1n) is 10.9. The third kappa shape index (κ3) is 6.50. The molecule has 1 heterocycles. The lowest BCUT2D eigenvalue weighted by molar-refractivity contribution is -0.147. The molecule has 0 spiro atoms. The van der Waals surface area contributed by atoms with Crippen molar-refractivity contribution in [2.24, 2.45) is 5.92 Å². The Hall–Kier alpha value is -3.55. The van der Waals surface area contributed by atoms with Crippen LogP contribution in [0.25, 0.3) is 11.1 Å². The molecule has 1 aliphatic rings. The number of hydrogen-bond acceptors (Lipinski definition) is 8. The maximum atomic E-state index is 13.1. The third-order valence-electron chi connectivity index (χ3n) is 5.41. The number of hydrogen-bond donors (Lipinski definition) is 3. The van der Waals surface area contributed by atoms with Crippen LogP contribution in [0.1, 0.15) is 31.7 Å². The Bertz CT molecular complexity index is 1070. The second-order valence-corrected chi connectivity index (χ2v) is 7.90. The predicted molar refractivity (Wildman–Crippen MR) is 119 cm³/mol. The van der Waals surface area contributed by atoms with Crippen LogP contribution in [0.15, 0.2) is 36.5 Å². The van der Waals surface area contributed by atoms with Crippen LogP contribution in [0, 0.1) is 17.2 Å². The van der Waals surface area contributed by atoms with Gasteiger partial charge in [-0.2, -0.15) is 5.26 Å². The average Bonchev–Trinajstić information content (AvgIpc) is 3.59. The van der Waals surface area contributed by atoms with E-state index >= 15 is 0 Å². The van der Waals surface area contributed by atoms with Gasteiger partial charge in [0, 0.05) is 12.6 Å². The van der Waals surface area contributed by atoms with Crippen LogP contribution in [-0.2, 0) is 14.3 Å². The largest absolute Gasteiger partial charge is 0.486 e. The molecule has 0 bridgehead atoms. The maximum absolute atomic E-state index is 13.1. The van der Waals surface area contributed by atoms with Crippen LogP contribution >= 0.6 is 0 Å². The number of nitrogens with one attached hydrogen (secondary N) is 1. The Kier molecular flexibility index (Phi) is 8.51. The molecule has 1 aromatic carbocycles. The first-order chi connectivity index (χ1) is 16.4. The van der Waals surface area contributed by atoms with E-state index in [-0.39, 0.29) is 36.6 Å². The van der Waals surface area contributed by atoms with Crippen LogP contribution in [0.4, 0.5) is 10.2 Å². The number of benzene rings is 1. The molecule has 1 amide bonds. The van der Waals surface area contributed by atoms with Gasteiger partial charge in [-0.25, -0.2) is 14.2 Å². The fourth-order valence-electron chi connectivity index (χ4n) is 3.32. The van der Waals surface area contributed by atoms with Gasteiger partial charge in [0.2, 0.25) is 5.91 Å². The van der Waals surface area contributed by atoms with E-state index in [0.29, 0.717) is 17.5 Å². The lowest BCUT2D eigenvalue weighted by Crippen LogP contribution is -2.33. The van der Waals surface area contributed by atoms with Crippen molar-refractivity contribution in [3.63, 3.8) is 0 Å². The Labute approximate surface area is 196 Å². The molecule has 1 fully saturated rings. The number of alkyl halides is 1. The molecule has 1 saturated carbocycles. The summed E-state index contributed by atoms with van der Waals surface area (Å²) in [6, 6.07) is 10.3. The Balaban J connectivity index is 1.74. The fraction of sp³-hybridized carbons (Fsp3) is 0.417. The standard InChI is InChI=1S/C24H26FN3O6/c1-2-19(30)21(6-8-33-23(31)13-29)34-20-4-3-14(9-16(20)12-26)15-5-7-27-22(10-15)28-24(32)17-11-18(17)25/h3-5,7,9-10,17-19,21,29-30H,2,6,8,11,13H2,1H3,(H,27,28,32)/t17-,18-,19-,21+/m1/s1. The fourth-order valence-corrected chi connectivity index (χ4v) is 3.32. The minimum Gasteiger partial charge on any atom is -0.486 e. The zero-order valence-electron chi connectivity index (χ0n) is 18.6. The van der Waals surface area contributed by atoms with Crippen molar-refractivity contribution in [3.05, 3.63) is 42.1 Å². The highest BCUT2D eigenvalue weighted by atomic mass is 19.1. The Morgan fingerprint density at radius 2 is 2.06 bits per heavy atom. The summed E-state index contributed by atoms with van der Waals surface area (Å²) < 4.78 is 23.8. The smallest absolute Gasteiger partial charge is 0.331 e. The van der Waals surface area contributed by atoms with E-state index in [4.69, 9.17) is 14.6 Å². The van der Waals surface area contributed by atoms with Crippen LogP contribution in [0.3, 0.4) is 0 Å². The van der Waals surface area contributed by atoms with Crippen molar-refractivity contribution in [2.45, 2.75) is 44.6 Å². The zero-order chi connectivity index (χ0) is 24.7. The zero-order valence-corrected chi connectivity index (χ0v) is 18.6. The van der Waals surface area contributed by atoms with Gasteiger partial charge in [0.1, 0.15) is 36.5 Å². The number of carbonyl (C=O) groups excluding carboxylic acids is 2. The quantitative estimate of drug-likeness (QED) is 0.424. The summed E-state index contributed by atoms with van der Waals surface area (Å²) in [4.78, 5) is 27.2. The topological polar surface area (TPSA) is 142 Å². The predicted octanol–water partition coefficient (Wildman–Crippen LogP) is 2.36. The number of halogens is 1. The van der Waals surface area contributed by atoms with E-state index in [1.807, 2.05) is 0 Å². The number of esters is 1. The summed E-state index contributed by atoms with van der Waals surface area (Å²) in [6.07, 6.45) is -0.431. The highest BCUT2D eigenvalue weighted by Crippen LogP contribution is 2.35. The summed E-state index contributed by atoms with van der Waals surface area (Å²) in [5, 5.41) is 31.3. The summed E-state index contributed by atoms with van der Waals surface area (Å²) in [5.41, 5.74) is 1.57. The SMILES string of the molecule is CC[C@@H](O)[C@H](CCOC(=O)CO)Oc1ccc(-c2ccnc(NC(=O)[C@@H]3C[C@H]3F)c2)cc1C#N. The van der Waals surface area contributed by atoms with E-state index in [1.54, 1.807) is 37.3 Å². The molecule has 0 aliphatic heterocycles. The number of nitrogens with zero attached hydrogens (tertiary/aromatic N) is 2. The van der Waals surface area contributed by atoms with Gasteiger partial charge in [-0.05, 0) is 48.2 Å². The van der Waals surface area contributed by atoms with Crippen molar-refractivity contribution in [1.82, 2.24) is 4.98 Å². The first-order valence-corrected chi connectivity index (χ1v) is 10.9. The molecule has 4 atom stereocenters. The molecule has 3 N–H and O–H groups in total. The monoisotopic (exact) mass is 471 g/mol. The number of pyridine rings is 1. The number of amides is 1. The number of rotatable bonds is 11. The van der Waals surface area contributed by atoms with Crippen LogP contribution in [-0.4, -0.2) is 58.7 Å². The maximum Gasteiger partial charge on any atom is 0.331 e. The summed E-state index contributed by atoms with van der Waals surface area (Å²) >= 11 is 0. The van der Waals surface area contributed by atoms with Gasteiger partial charge in [0.05, 0.1) is 24.2 Å². The molecule has 180 valence electrons. The molecule has 2 aromatic rings. The normalized spacial score (nSPS) is 18.3. The molecule has 10 heteroatoms. The van der Waals surface area contributed by atoms with Gasteiger partial charge in [0.25, 0.3) is 0 Å². The lowest BCUT2D eigenvalue weighted by atomic mass is 10.0. The molecule has 0 radical (unpaired) electrons. The van der Waals surface area contributed by atoms with Crippen molar-refractivity contribution in [3.8, 4) is 22.9 Å². The number of anilines is 1. The van der Waals surface area contributed by atoms with Crippen molar-refractivity contribution in [1.29, 1.82) is 5.26 Å². The van der Waals surface area contributed by atoms with Gasteiger partial charge < -0.3 is 25.0 Å². The average molecular weight is 471 g/mol. The number of aliphatic hydroxyl groups excluding tert-OH is 2. The summed E-state index contributed by atoms with van der Waals surface area (Å²) in [6.45, 7) is 0.974. The molecule has 0 unspecified atom stereocenters. The molecular formula is C24H26FN3O6. The number of aliphatic hydroxyl groups is 2. The minimum absolute atomic E-state index is 0.0589. The Morgan fingerprint density at radius 3 is 2.71 bits per heavy atom. The van der Waals surface area contributed by atoms with Crippen LogP contribution < -0.4 is 10.1 Å². The number of carbonyl (C=O) groups is 2. The highest BCUT2D eigenvalue weighted by Gasteiger charge is 2.43. The third-order valence-corrected chi connectivity index (χ3v) is 5.41. The van der Waals surface area contributed by atoms with Gasteiger partial charge in [-0.15, -0.1) is 0 Å². The highest BCUT2D eigenvalue weighted by molar-refractivity contribution is 5.94. The van der Waals surface area contributed by atoms with E-state index in [0.717, 1.165) is 0 Å².